The highest BCUT2D eigenvalue weighted by Gasteiger charge is 2.13. The summed E-state index contributed by atoms with van der Waals surface area (Å²) in [5.41, 5.74) is 0.524. The molecule has 1 aliphatic rings. The molecule has 2 rings (SSSR count). The predicted octanol–water partition coefficient (Wildman–Crippen LogP) is 2.04. The van der Waals surface area contributed by atoms with Crippen molar-refractivity contribution in [1.29, 1.82) is 5.26 Å². The predicted molar refractivity (Wildman–Crippen MR) is 68.9 cm³/mol. The van der Waals surface area contributed by atoms with Crippen LogP contribution in [0.25, 0.3) is 0 Å². The number of methoxy groups -OCH3 is 1. The van der Waals surface area contributed by atoms with Crippen LogP contribution in [-0.2, 0) is 0 Å². The zero-order chi connectivity index (χ0) is 12.8. The number of para-hydroxylation sites is 1. The Labute approximate surface area is 108 Å². The summed E-state index contributed by atoms with van der Waals surface area (Å²) in [4.78, 5) is 2.38. The number of ether oxygens (including phenoxy) is 2. The van der Waals surface area contributed by atoms with E-state index < -0.39 is 0 Å². The minimum Gasteiger partial charge on any atom is -0.493 e. The summed E-state index contributed by atoms with van der Waals surface area (Å²) in [6.07, 6.45) is 2.55. The molecule has 96 valence electrons. The quantitative estimate of drug-likeness (QED) is 0.797. The molecule has 1 aromatic carbocycles. The Bertz CT molecular complexity index is 434. The lowest BCUT2D eigenvalue weighted by Gasteiger charge is -2.16. The molecule has 18 heavy (non-hydrogen) atoms. The minimum absolute atomic E-state index is 0.524. The monoisotopic (exact) mass is 246 g/mol. The second-order valence-corrected chi connectivity index (χ2v) is 4.35. The highest BCUT2D eigenvalue weighted by atomic mass is 16.5. The number of hydrogen-bond donors (Lipinski definition) is 0. The largest absolute Gasteiger partial charge is 0.493 e. The molecule has 0 aromatic heterocycles. The summed E-state index contributed by atoms with van der Waals surface area (Å²) in [5.74, 6) is 1.18. The Hall–Kier alpha value is -1.73. The molecule has 0 N–H and O–H groups in total. The fourth-order valence-corrected chi connectivity index (χ4v) is 2.20. The van der Waals surface area contributed by atoms with Crippen molar-refractivity contribution in [1.82, 2.24) is 4.90 Å². The molecule has 1 saturated heterocycles. The number of nitriles is 1. The molecule has 4 nitrogen and oxygen atoms in total. The molecule has 0 bridgehead atoms. The molecule has 1 fully saturated rings. The maximum atomic E-state index is 9.05. The second-order valence-electron chi connectivity index (χ2n) is 4.35. The van der Waals surface area contributed by atoms with Gasteiger partial charge in [0.15, 0.2) is 11.5 Å². The number of hydrogen-bond acceptors (Lipinski definition) is 4. The van der Waals surface area contributed by atoms with Gasteiger partial charge in [0.1, 0.15) is 12.7 Å². The zero-order valence-electron chi connectivity index (χ0n) is 10.7. The first-order valence-corrected chi connectivity index (χ1v) is 6.27. The first-order chi connectivity index (χ1) is 8.85. The highest BCUT2D eigenvalue weighted by Crippen LogP contribution is 2.30. The Balaban J connectivity index is 1.97. The molecule has 0 spiro atoms. The average molecular weight is 246 g/mol. The van der Waals surface area contributed by atoms with Crippen LogP contribution in [-0.4, -0.2) is 38.3 Å². The van der Waals surface area contributed by atoms with Gasteiger partial charge in [-0.25, -0.2) is 0 Å². The fraction of sp³-hybridized carbons (Fsp3) is 0.500. The van der Waals surface area contributed by atoms with Crippen molar-refractivity contribution in [2.75, 3.05) is 33.4 Å². The number of rotatable bonds is 5. The van der Waals surface area contributed by atoms with Crippen molar-refractivity contribution in [2.24, 2.45) is 0 Å². The molecular weight excluding hydrogens is 228 g/mol. The van der Waals surface area contributed by atoms with E-state index in [0.717, 1.165) is 19.6 Å². The zero-order valence-corrected chi connectivity index (χ0v) is 10.7. The summed E-state index contributed by atoms with van der Waals surface area (Å²) in [7, 11) is 1.59. The van der Waals surface area contributed by atoms with Crippen molar-refractivity contribution in [2.45, 2.75) is 12.8 Å². The topological polar surface area (TPSA) is 45.5 Å². The first kappa shape index (κ1) is 12.7. The third kappa shape index (κ3) is 2.93. The third-order valence-electron chi connectivity index (χ3n) is 3.17. The van der Waals surface area contributed by atoms with E-state index in [1.54, 1.807) is 19.2 Å². The van der Waals surface area contributed by atoms with Crippen molar-refractivity contribution in [3.8, 4) is 17.6 Å². The molecule has 1 aromatic rings. The van der Waals surface area contributed by atoms with Crippen LogP contribution >= 0.6 is 0 Å². The van der Waals surface area contributed by atoms with E-state index in [4.69, 9.17) is 14.7 Å². The maximum Gasteiger partial charge on any atom is 0.178 e. The number of nitrogens with zero attached hydrogens (tertiary/aromatic N) is 2. The summed E-state index contributed by atoms with van der Waals surface area (Å²) in [6, 6.07) is 7.48. The SMILES string of the molecule is COc1cccc(C#N)c1OCCN1CCCC1. The first-order valence-electron chi connectivity index (χ1n) is 6.27. The van der Waals surface area contributed by atoms with Crippen LogP contribution in [0.1, 0.15) is 18.4 Å². The molecule has 1 aliphatic heterocycles. The van der Waals surface area contributed by atoms with Crippen LogP contribution in [0.4, 0.5) is 0 Å². The van der Waals surface area contributed by atoms with Gasteiger partial charge < -0.3 is 9.47 Å². The third-order valence-corrected chi connectivity index (χ3v) is 3.17. The Kier molecular flexibility index (Phi) is 4.43. The Morgan fingerprint density at radius 1 is 1.33 bits per heavy atom. The van der Waals surface area contributed by atoms with Crippen LogP contribution in [0.5, 0.6) is 11.5 Å². The molecule has 0 atom stereocenters. The van der Waals surface area contributed by atoms with Crippen molar-refractivity contribution < 1.29 is 9.47 Å². The fourth-order valence-electron chi connectivity index (χ4n) is 2.20. The summed E-state index contributed by atoms with van der Waals surface area (Å²) < 4.78 is 10.9. The lowest BCUT2D eigenvalue weighted by atomic mass is 10.2. The van der Waals surface area contributed by atoms with E-state index in [2.05, 4.69) is 11.0 Å². The van der Waals surface area contributed by atoms with E-state index >= 15 is 0 Å². The second kappa shape index (κ2) is 6.27. The summed E-state index contributed by atoms with van der Waals surface area (Å²) in [5, 5.41) is 9.05. The van der Waals surface area contributed by atoms with Gasteiger partial charge in [-0.3, -0.25) is 4.90 Å². The minimum atomic E-state index is 0.524. The molecule has 4 heteroatoms. The van der Waals surface area contributed by atoms with Crippen LogP contribution in [0.3, 0.4) is 0 Å². The van der Waals surface area contributed by atoms with Gasteiger partial charge in [0, 0.05) is 6.54 Å². The van der Waals surface area contributed by atoms with Crippen LogP contribution in [0.2, 0.25) is 0 Å². The maximum absolute atomic E-state index is 9.05. The van der Waals surface area contributed by atoms with E-state index in [1.165, 1.54) is 12.8 Å². The molecule has 1 heterocycles. The smallest absolute Gasteiger partial charge is 0.178 e. The molecule has 0 aliphatic carbocycles. The lowest BCUT2D eigenvalue weighted by Crippen LogP contribution is -2.25. The molecular formula is C14H18N2O2. The average Bonchev–Trinajstić information content (AvgIpc) is 2.92. The lowest BCUT2D eigenvalue weighted by molar-refractivity contribution is 0.230. The van der Waals surface area contributed by atoms with Gasteiger partial charge in [-0.15, -0.1) is 0 Å². The van der Waals surface area contributed by atoms with E-state index in [9.17, 15) is 0 Å². The van der Waals surface area contributed by atoms with Gasteiger partial charge in [-0.1, -0.05) is 6.07 Å². The molecule has 0 unspecified atom stereocenters. The van der Waals surface area contributed by atoms with E-state index in [0.29, 0.717) is 23.7 Å². The van der Waals surface area contributed by atoms with Crippen molar-refractivity contribution in [3.63, 3.8) is 0 Å². The number of likely N-dealkylation sites (tertiary alicyclic amines) is 1. The van der Waals surface area contributed by atoms with E-state index in [1.807, 2.05) is 6.07 Å². The molecule has 0 radical (unpaired) electrons. The van der Waals surface area contributed by atoms with Gasteiger partial charge in [-0.05, 0) is 38.1 Å². The Morgan fingerprint density at radius 2 is 2.11 bits per heavy atom. The van der Waals surface area contributed by atoms with Crippen LogP contribution < -0.4 is 9.47 Å². The van der Waals surface area contributed by atoms with Gasteiger partial charge in [0.25, 0.3) is 0 Å². The Morgan fingerprint density at radius 3 is 2.78 bits per heavy atom. The van der Waals surface area contributed by atoms with Gasteiger partial charge in [0.2, 0.25) is 0 Å². The van der Waals surface area contributed by atoms with Crippen molar-refractivity contribution in [3.05, 3.63) is 23.8 Å². The molecule has 0 saturated carbocycles. The van der Waals surface area contributed by atoms with Gasteiger partial charge in [0.05, 0.1) is 12.7 Å². The van der Waals surface area contributed by atoms with E-state index in [-0.39, 0.29) is 0 Å². The van der Waals surface area contributed by atoms with Crippen LogP contribution in [0.15, 0.2) is 18.2 Å². The van der Waals surface area contributed by atoms with Crippen LogP contribution in [0, 0.1) is 11.3 Å². The summed E-state index contributed by atoms with van der Waals surface area (Å²) in [6.45, 7) is 3.80. The number of benzene rings is 1. The van der Waals surface area contributed by atoms with Gasteiger partial charge >= 0.3 is 0 Å². The standard InChI is InChI=1S/C14H18N2O2/c1-17-13-6-4-5-12(11-15)14(13)18-10-9-16-7-2-3-8-16/h4-6H,2-3,7-10H2,1H3. The molecule has 0 amide bonds. The van der Waals surface area contributed by atoms with Gasteiger partial charge in [-0.2, -0.15) is 5.26 Å². The summed E-state index contributed by atoms with van der Waals surface area (Å²) >= 11 is 0. The highest BCUT2D eigenvalue weighted by molar-refractivity contribution is 5.52. The normalized spacial score (nSPS) is 15.3. The van der Waals surface area contributed by atoms with Crippen molar-refractivity contribution >= 4 is 0 Å².